The van der Waals surface area contributed by atoms with Crippen molar-refractivity contribution in [3.63, 3.8) is 0 Å². The lowest BCUT2D eigenvalue weighted by atomic mass is 10.1. The summed E-state index contributed by atoms with van der Waals surface area (Å²) in [6.45, 7) is 4.16. The van der Waals surface area contributed by atoms with Crippen LogP contribution in [0.25, 0.3) is 0 Å². The van der Waals surface area contributed by atoms with E-state index in [-0.39, 0.29) is 17.6 Å². The maximum absolute atomic E-state index is 12.4. The fourth-order valence-electron chi connectivity index (χ4n) is 2.21. The van der Waals surface area contributed by atoms with Crippen LogP contribution in [-0.4, -0.2) is 41.4 Å². The molecule has 1 saturated heterocycles. The molecule has 0 spiro atoms. The number of rotatable bonds is 5. The van der Waals surface area contributed by atoms with E-state index in [0.717, 1.165) is 16.4 Å². The van der Waals surface area contributed by atoms with E-state index in [0.29, 0.717) is 12.8 Å². The van der Waals surface area contributed by atoms with Crippen LogP contribution in [-0.2, 0) is 15.0 Å². The minimum absolute atomic E-state index is 0.209. The van der Waals surface area contributed by atoms with Gasteiger partial charge in [0.2, 0.25) is 0 Å². The third-order valence-corrected chi connectivity index (χ3v) is 5.79. The highest BCUT2D eigenvalue weighted by Gasteiger charge is 2.37. The number of aromatic nitrogens is 1. The largest absolute Gasteiger partial charge is 0.480 e. The second kappa shape index (κ2) is 6.29. The second-order valence-corrected chi connectivity index (χ2v) is 7.78. The quantitative estimate of drug-likeness (QED) is 0.857. The molecule has 1 unspecified atom stereocenters. The molecule has 1 aliphatic heterocycles. The Hall–Kier alpha value is -1.19. The second-order valence-electron chi connectivity index (χ2n) is 5.30. The zero-order valence-electron chi connectivity index (χ0n) is 11.9. The maximum atomic E-state index is 12.4. The van der Waals surface area contributed by atoms with E-state index in [2.05, 4.69) is 9.71 Å². The summed E-state index contributed by atoms with van der Waals surface area (Å²) in [5.74, 6) is -0.900. The Morgan fingerprint density at radius 2 is 2.24 bits per heavy atom. The lowest BCUT2D eigenvalue weighted by molar-refractivity contribution is -0.142. The van der Waals surface area contributed by atoms with Gasteiger partial charge in [-0.2, -0.15) is 12.7 Å². The molecule has 0 saturated carbocycles. The van der Waals surface area contributed by atoms with Crippen LogP contribution in [0.2, 0.25) is 0 Å². The molecule has 1 aromatic rings. The molecule has 7 nitrogen and oxygen atoms in total. The van der Waals surface area contributed by atoms with Crippen molar-refractivity contribution in [1.29, 1.82) is 0 Å². The highest BCUT2D eigenvalue weighted by atomic mass is 32.2. The number of nitrogens with one attached hydrogen (secondary N) is 1. The molecular weight excluding hydrogens is 314 g/mol. The first-order chi connectivity index (χ1) is 9.81. The molecular formula is C12H19N3O4S2. The van der Waals surface area contributed by atoms with Crippen LogP contribution in [0.4, 0.5) is 5.13 Å². The van der Waals surface area contributed by atoms with Crippen molar-refractivity contribution in [3.05, 3.63) is 11.1 Å². The third-order valence-electron chi connectivity index (χ3n) is 3.38. The van der Waals surface area contributed by atoms with Crippen LogP contribution in [0.15, 0.2) is 5.38 Å². The maximum Gasteiger partial charge on any atom is 0.322 e. The first kappa shape index (κ1) is 16.2. The number of carboxylic acid groups (broad SMARTS) is 1. The zero-order chi connectivity index (χ0) is 15.6. The first-order valence-electron chi connectivity index (χ1n) is 6.79. The van der Waals surface area contributed by atoms with Crippen molar-refractivity contribution in [2.75, 3.05) is 11.3 Å². The molecule has 2 rings (SSSR count). The molecule has 1 aliphatic rings. The SMILES string of the molecule is CC(C)c1csc(NS(=O)(=O)N2CCCCC2C(=O)O)n1. The van der Waals surface area contributed by atoms with E-state index in [1.54, 1.807) is 5.38 Å². The standard InChI is InChI=1S/C12H19N3O4S2/c1-8(2)9-7-20-12(13-9)14-21(18,19)15-6-4-3-5-10(15)11(16)17/h7-8,10H,3-6H2,1-2H3,(H,13,14)(H,16,17). The fourth-order valence-corrected chi connectivity index (χ4v) is 4.71. The zero-order valence-corrected chi connectivity index (χ0v) is 13.6. The van der Waals surface area contributed by atoms with Crippen molar-refractivity contribution >= 4 is 32.6 Å². The summed E-state index contributed by atoms with van der Waals surface area (Å²) < 4.78 is 28.1. The normalized spacial score (nSPS) is 20.6. The van der Waals surface area contributed by atoms with E-state index in [9.17, 15) is 13.2 Å². The molecule has 118 valence electrons. The number of carboxylic acids is 1. The topological polar surface area (TPSA) is 99.6 Å². The number of nitrogens with zero attached hydrogens (tertiary/aromatic N) is 2. The predicted octanol–water partition coefficient (Wildman–Crippen LogP) is 1.86. The molecule has 0 aromatic carbocycles. The van der Waals surface area contributed by atoms with Crippen LogP contribution in [0.1, 0.15) is 44.7 Å². The van der Waals surface area contributed by atoms with Crippen molar-refractivity contribution in [1.82, 2.24) is 9.29 Å². The molecule has 1 fully saturated rings. The summed E-state index contributed by atoms with van der Waals surface area (Å²) in [7, 11) is -3.89. The Balaban J connectivity index is 2.17. The van der Waals surface area contributed by atoms with Gasteiger partial charge in [-0.25, -0.2) is 9.71 Å². The average molecular weight is 333 g/mol. The number of hydrogen-bond donors (Lipinski definition) is 2. The van der Waals surface area contributed by atoms with Crippen LogP contribution in [0.3, 0.4) is 0 Å². The fraction of sp³-hybridized carbons (Fsp3) is 0.667. The molecule has 1 atom stereocenters. The van der Waals surface area contributed by atoms with Gasteiger partial charge in [-0.15, -0.1) is 11.3 Å². The van der Waals surface area contributed by atoms with Crippen LogP contribution >= 0.6 is 11.3 Å². The number of aliphatic carboxylic acids is 1. The molecule has 0 aliphatic carbocycles. The monoisotopic (exact) mass is 333 g/mol. The number of carbonyl (C=O) groups is 1. The Kier molecular flexibility index (Phi) is 4.84. The van der Waals surface area contributed by atoms with Crippen molar-refractivity contribution < 1.29 is 18.3 Å². The van der Waals surface area contributed by atoms with E-state index < -0.39 is 22.2 Å². The molecule has 2 N–H and O–H groups in total. The first-order valence-corrected chi connectivity index (χ1v) is 9.11. The summed E-state index contributed by atoms with van der Waals surface area (Å²) in [5.41, 5.74) is 0.811. The highest BCUT2D eigenvalue weighted by molar-refractivity contribution is 7.90. The summed E-state index contributed by atoms with van der Waals surface area (Å²) in [4.78, 5) is 15.4. The number of piperidine rings is 1. The van der Waals surface area contributed by atoms with Crippen molar-refractivity contribution in [2.24, 2.45) is 0 Å². The number of hydrogen-bond acceptors (Lipinski definition) is 5. The molecule has 1 aromatic heterocycles. The number of thiazole rings is 1. The average Bonchev–Trinajstić information content (AvgIpc) is 2.86. The summed E-state index contributed by atoms with van der Waals surface area (Å²) in [6, 6.07) is -0.999. The summed E-state index contributed by atoms with van der Waals surface area (Å²) >= 11 is 1.20. The van der Waals surface area contributed by atoms with Gasteiger partial charge in [0.1, 0.15) is 6.04 Å². The Morgan fingerprint density at radius 3 is 2.81 bits per heavy atom. The Morgan fingerprint density at radius 1 is 1.52 bits per heavy atom. The molecule has 0 bridgehead atoms. The van der Waals surface area contributed by atoms with Crippen LogP contribution in [0.5, 0.6) is 0 Å². The van der Waals surface area contributed by atoms with E-state index in [1.807, 2.05) is 13.8 Å². The van der Waals surface area contributed by atoms with E-state index in [1.165, 1.54) is 11.3 Å². The van der Waals surface area contributed by atoms with Gasteiger partial charge in [-0.05, 0) is 25.2 Å². The minimum atomic E-state index is -3.89. The van der Waals surface area contributed by atoms with Crippen molar-refractivity contribution in [2.45, 2.75) is 45.1 Å². The van der Waals surface area contributed by atoms with Gasteiger partial charge in [0.15, 0.2) is 5.13 Å². The summed E-state index contributed by atoms with van der Waals surface area (Å²) in [6.07, 6.45) is 1.73. The molecule has 0 radical (unpaired) electrons. The molecule has 2 heterocycles. The predicted molar refractivity (Wildman–Crippen MR) is 80.7 cm³/mol. The lowest BCUT2D eigenvalue weighted by Gasteiger charge is -2.31. The van der Waals surface area contributed by atoms with E-state index >= 15 is 0 Å². The van der Waals surface area contributed by atoms with Gasteiger partial charge in [-0.1, -0.05) is 13.8 Å². The van der Waals surface area contributed by atoms with E-state index in [4.69, 9.17) is 5.11 Å². The molecule has 9 heteroatoms. The Labute approximate surface area is 128 Å². The lowest BCUT2D eigenvalue weighted by Crippen LogP contribution is -2.49. The molecule has 0 amide bonds. The van der Waals surface area contributed by atoms with Gasteiger partial charge in [0.25, 0.3) is 0 Å². The Bertz CT molecular complexity index is 612. The number of anilines is 1. The van der Waals surface area contributed by atoms with Gasteiger partial charge in [-0.3, -0.25) is 4.79 Å². The van der Waals surface area contributed by atoms with Gasteiger partial charge >= 0.3 is 16.2 Å². The smallest absolute Gasteiger partial charge is 0.322 e. The highest BCUT2D eigenvalue weighted by Crippen LogP contribution is 2.25. The van der Waals surface area contributed by atoms with Gasteiger partial charge in [0.05, 0.1) is 5.69 Å². The minimum Gasteiger partial charge on any atom is -0.480 e. The molecule has 21 heavy (non-hydrogen) atoms. The van der Waals surface area contributed by atoms with Crippen LogP contribution in [0, 0.1) is 0 Å². The van der Waals surface area contributed by atoms with Crippen LogP contribution < -0.4 is 4.72 Å². The van der Waals surface area contributed by atoms with Gasteiger partial charge < -0.3 is 5.11 Å². The van der Waals surface area contributed by atoms with Gasteiger partial charge in [0, 0.05) is 11.9 Å². The third kappa shape index (κ3) is 3.72. The summed E-state index contributed by atoms with van der Waals surface area (Å²) in [5, 5.41) is 11.2. The van der Waals surface area contributed by atoms with Crippen molar-refractivity contribution in [3.8, 4) is 0 Å².